The Balaban J connectivity index is 1.81. The highest BCUT2D eigenvalue weighted by Crippen LogP contribution is 2.37. The molecule has 0 bridgehead atoms. The van der Waals surface area contributed by atoms with E-state index in [4.69, 9.17) is 0 Å². The number of fused-ring (bicyclic) bond motifs is 1. The van der Waals surface area contributed by atoms with Crippen molar-refractivity contribution in [2.24, 2.45) is 5.41 Å². The number of nitrogens with zero attached hydrogens (tertiary/aromatic N) is 2. The van der Waals surface area contributed by atoms with Crippen LogP contribution in [0.2, 0.25) is 0 Å². The van der Waals surface area contributed by atoms with E-state index in [1.807, 2.05) is 6.92 Å². The Hall–Kier alpha value is -3.05. The molecule has 2 aromatic carbocycles. The maximum Gasteiger partial charge on any atom is 0.387 e. The number of imidazole rings is 1. The summed E-state index contributed by atoms with van der Waals surface area (Å²) in [4.78, 5) is 27.0. The van der Waals surface area contributed by atoms with E-state index in [9.17, 15) is 31.9 Å². The first-order valence-electron chi connectivity index (χ1n) is 12.4. The maximum atomic E-state index is 13.7. The topological polar surface area (TPSA) is 108 Å². The van der Waals surface area contributed by atoms with Crippen molar-refractivity contribution < 1.29 is 31.8 Å². The molecule has 1 fully saturated rings. The van der Waals surface area contributed by atoms with Crippen LogP contribution in [0.5, 0.6) is 5.75 Å². The number of ether oxygens (including phenoxy) is 1. The van der Waals surface area contributed by atoms with E-state index in [0.717, 1.165) is 0 Å². The van der Waals surface area contributed by atoms with Gasteiger partial charge in [0.15, 0.2) is 5.78 Å². The van der Waals surface area contributed by atoms with Gasteiger partial charge in [-0.3, -0.25) is 13.9 Å². The number of hydrogen-bond donors (Lipinski definition) is 1. The number of halogens is 2. The third-order valence-electron chi connectivity index (χ3n) is 7.53. The van der Waals surface area contributed by atoms with Crippen molar-refractivity contribution in [3.63, 3.8) is 0 Å². The van der Waals surface area contributed by atoms with Crippen molar-refractivity contribution in [3.05, 3.63) is 58.5 Å². The third kappa shape index (κ3) is 5.68. The predicted octanol–water partition coefficient (Wildman–Crippen LogP) is 4.51. The summed E-state index contributed by atoms with van der Waals surface area (Å²) in [6.07, 6.45) is 0.960. The van der Waals surface area contributed by atoms with E-state index in [0.29, 0.717) is 29.4 Å². The molecular formula is C27H32F2N2O6S. The number of aromatic nitrogens is 2. The zero-order valence-corrected chi connectivity index (χ0v) is 22.6. The largest absolute Gasteiger partial charge is 0.435 e. The second kappa shape index (κ2) is 9.92. The Kier molecular flexibility index (Phi) is 7.30. The number of sulfone groups is 1. The summed E-state index contributed by atoms with van der Waals surface area (Å²) in [6, 6.07) is 9.86. The van der Waals surface area contributed by atoms with Crippen LogP contribution >= 0.6 is 0 Å². The second-order valence-corrected chi connectivity index (χ2v) is 13.3. The summed E-state index contributed by atoms with van der Waals surface area (Å²) in [7, 11) is -3.08. The minimum Gasteiger partial charge on any atom is -0.435 e. The fourth-order valence-corrected chi connectivity index (χ4v) is 6.64. The first-order valence-corrected chi connectivity index (χ1v) is 14.2. The molecule has 4 rings (SSSR count). The first kappa shape index (κ1) is 28.0. The van der Waals surface area contributed by atoms with Crippen LogP contribution in [0.3, 0.4) is 0 Å². The van der Waals surface area contributed by atoms with Gasteiger partial charge in [0.2, 0.25) is 0 Å². The average molecular weight is 551 g/mol. The lowest BCUT2D eigenvalue weighted by atomic mass is 9.78. The smallest absolute Gasteiger partial charge is 0.387 e. The Morgan fingerprint density at radius 1 is 1.13 bits per heavy atom. The van der Waals surface area contributed by atoms with Crippen LogP contribution < -0.4 is 10.4 Å². The lowest BCUT2D eigenvalue weighted by Gasteiger charge is -2.32. The van der Waals surface area contributed by atoms with Gasteiger partial charge in [0.05, 0.1) is 39.9 Å². The summed E-state index contributed by atoms with van der Waals surface area (Å²) in [5.74, 6) is -0.190. The highest BCUT2D eigenvalue weighted by atomic mass is 32.2. The molecule has 1 aliphatic heterocycles. The van der Waals surface area contributed by atoms with Gasteiger partial charge < -0.3 is 9.84 Å². The summed E-state index contributed by atoms with van der Waals surface area (Å²) in [5, 5.41) is 10.7. The Labute approximate surface area is 219 Å². The molecule has 8 nitrogen and oxygen atoms in total. The van der Waals surface area contributed by atoms with Crippen LogP contribution in [-0.4, -0.2) is 52.2 Å². The van der Waals surface area contributed by atoms with E-state index < -0.39 is 39.2 Å². The van der Waals surface area contributed by atoms with Gasteiger partial charge in [-0.15, -0.1) is 0 Å². The highest BCUT2D eigenvalue weighted by molar-refractivity contribution is 7.91. The van der Waals surface area contributed by atoms with Crippen molar-refractivity contribution in [3.8, 4) is 11.4 Å². The second-order valence-electron chi connectivity index (χ2n) is 11.0. The van der Waals surface area contributed by atoms with Crippen molar-refractivity contribution in [2.45, 2.75) is 65.2 Å². The Morgan fingerprint density at radius 3 is 2.39 bits per heavy atom. The van der Waals surface area contributed by atoms with Crippen LogP contribution in [0.25, 0.3) is 16.7 Å². The molecule has 0 radical (unpaired) electrons. The molecule has 0 aliphatic carbocycles. The van der Waals surface area contributed by atoms with Gasteiger partial charge >= 0.3 is 12.3 Å². The average Bonchev–Trinajstić information content (AvgIpc) is 3.10. The fraction of sp³-hybridized carbons (Fsp3) is 0.481. The zero-order chi connectivity index (χ0) is 28.0. The number of rotatable bonds is 8. The van der Waals surface area contributed by atoms with Gasteiger partial charge in [-0.1, -0.05) is 13.0 Å². The van der Waals surface area contributed by atoms with Crippen molar-refractivity contribution in [1.82, 2.24) is 9.13 Å². The molecule has 1 aromatic heterocycles. The fourth-order valence-electron chi connectivity index (χ4n) is 4.83. The quantitative estimate of drug-likeness (QED) is 0.414. The molecule has 0 spiro atoms. The minimum absolute atomic E-state index is 0.0512. The molecule has 38 heavy (non-hydrogen) atoms. The summed E-state index contributed by atoms with van der Waals surface area (Å²) < 4.78 is 56.5. The van der Waals surface area contributed by atoms with E-state index in [1.54, 1.807) is 45.0 Å². The van der Waals surface area contributed by atoms with Crippen LogP contribution in [0.1, 0.15) is 63.4 Å². The van der Waals surface area contributed by atoms with Gasteiger partial charge in [0.1, 0.15) is 15.6 Å². The molecule has 1 saturated heterocycles. The molecule has 11 heteroatoms. The summed E-state index contributed by atoms with van der Waals surface area (Å²) in [6.45, 7) is 3.70. The molecule has 3 aromatic rings. The molecule has 1 N–H and O–H groups in total. The first-order chi connectivity index (χ1) is 17.6. The van der Waals surface area contributed by atoms with Gasteiger partial charge in [0, 0.05) is 18.1 Å². The SMILES string of the molecule is CC(n1c(=O)n(-c2cccc(OC(F)F)c2)c2ccc(C(=O)CC3(C)CCS(=O)(=O)CC3)cc21)C(C)(C)O. The monoisotopic (exact) mass is 550 g/mol. The molecule has 0 amide bonds. The Bertz CT molecular complexity index is 1520. The molecule has 0 saturated carbocycles. The molecule has 206 valence electrons. The third-order valence-corrected chi connectivity index (χ3v) is 9.18. The molecular weight excluding hydrogens is 518 g/mol. The highest BCUT2D eigenvalue weighted by Gasteiger charge is 2.35. The number of carbonyl (C=O) groups is 1. The number of ketones is 1. The van der Waals surface area contributed by atoms with Crippen LogP contribution in [0, 0.1) is 5.41 Å². The molecule has 1 unspecified atom stereocenters. The summed E-state index contributed by atoms with van der Waals surface area (Å²) >= 11 is 0. The zero-order valence-electron chi connectivity index (χ0n) is 21.8. The lowest BCUT2D eigenvalue weighted by molar-refractivity contribution is -0.0498. The van der Waals surface area contributed by atoms with E-state index >= 15 is 0 Å². The van der Waals surface area contributed by atoms with Gasteiger partial charge in [-0.05, 0) is 69.4 Å². The van der Waals surface area contributed by atoms with E-state index in [-0.39, 0.29) is 35.1 Å². The van der Waals surface area contributed by atoms with Crippen molar-refractivity contribution in [2.75, 3.05) is 11.5 Å². The summed E-state index contributed by atoms with van der Waals surface area (Å²) in [5.41, 5.74) is -0.804. The standard InChI is InChI=1S/C27H32F2N2O6S/c1-17(26(2,3)34)30-22-14-18(23(32)16-27(4)10-12-38(35,36)13-11-27)8-9-21(22)31(25(30)33)19-6-5-7-20(15-19)37-24(28)29/h5-9,14-15,17,24,34H,10-13,16H2,1-4H3. The van der Waals surface area contributed by atoms with Gasteiger partial charge in [-0.25, -0.2) is 13.2 Å². The van der Waals surface area contributed by atoms with E-state index in [2.05, 4.69) is 4.74 Å². The Morgan fingerprint density at radius 2 is 1.79 bits per heavy atom. The number of hydrogen-bond acceptors (Lipinski definition) is 6. The van der Waals surface area contributed by atoms with Crippen LogP contribution in [0.4, 0.5) is 8.78 Å². The van der Waals surface area contributed by atoms with Crippen molar-refractivity contribution >= 4 is 26.7 Å². The van der Waals surface area contributed by atoms with Crippen molar-refractivity contribution in [1.29, 1.82) is 0 Å². The van der Waals surface area contributed by atoms with Crippen LogP contribution in [-0.2, 0) is 9.84 Å². The molecule has 2 heterocycles. The number of carbonyl (C=O) groups excluding carboxylic acids is 1. The van der Waals surface area contributed by atoms with Gasteiger partial charge in [0.25, 0.3) is 0 Å². The molecule has 1 aliphatic rings. The maximum absolute atomic E-state index is 13.7. The number of alkyl halides is 2. The number of benzene rings is 2. The minimum atomic E-state index is -3.08. The van der Waals surface area contributed by atoms with E-state index in [1.165, 1.54) is 27.3 Å². The van der Waals surface area contributed by atoms with Crippen LogP contribution in [0.15, 0.2) is 47.3 Å². The normalized spacial score (nSPS) is 18.0. The number of Topliss-reactive ketones (excluding diaryl/α,β-unsaturated/α-hetero) is 1. The lowest BCUT2D eigenvalue weighted by Crippen LogP contribution is -2.37. The van der Waals surface area contributed by atoms with Gasteiger partial charge in [-0.2, -0.15) is 8.78 Å². The number of aliphatic hydroxyl groups is 1. The molecule has 1 atom stereocenters. The predicted molar refractivity (Wildman–Crippen MR) is 140 cm³/mol.